The number of benzene rings is 3. The van der Waals surface area contributed by atoms with Crippen LogP contribution in [0.5, 0.6) is 17.2 Å². The molecule has 0 fully saturated rings. The van der Waals surface area contributed by atoms with Gasteiger partial charge in [0.05, 0.1) is 20.3 Å². The normalized spacial score (nSPS) is 20.0. The van der Waals surface area contributed by atoms with Crippen LogP contribution in [0.25, 0.3) is 0 Å². The molecule has 0 radical (unpaired) electrons. The highest BCUT2D eigenvalue weighted by Crippen LogP contribution is 2.50. The maximum atomic E-state index is 14.2. The molecule has 0 saturated carbocycles. The number of amides is 1. The zero-order chi connectivity index (χ0) is 25.4. The van der Waals surface area contributed by atoms with Gasteiger partial charge < -0.3 is 24.4 Å². The van der Waals surface area contributed by atoms with Gasteiger partial charge in [0.1, 0.15) is 28.9 Å². The van der Waals surface area contributed by atoms with Crippen molar-refractivity contribution in [2.45, 2.75) is 25.6 Å². The quantitative estimate of drug-likeness (QED) is 0.492. The second kappa shape index (κ2) is 9.03. The number of oxime groups is 1. The molecular weight excluding hydrogens is 460 g/mol. The smallest absolute Gasteiger partial charge is 0.277 e. The lowest BCUT2D eigenvalue weighted by atomic mass is 9.74. The van der Waals surface area contributed by atoms with Gasteiger partial charge in [-0.3, -0.25) is 9.59 Å². The summed E-state index contributed by atoms with van der Waals surface area (Å²) in [5.41, 5.74) is 0.720. The number of carbonyl (C=O) groups is 2. The van der Waals surface area contributed by atoms with E-state index in [2.05, 4.69) is 10.5 Å². The number of para-hydroxylation sites is 1. The Hall–Kier alpha value is -4.33. The summed E-state index contributed by atoms with van der Waals surface area (Å²) < 4.78 is 16.6. The molecule has 3 aromatic rings. The van der Waals surface area contributed by atoms with Gasteiger partial charge in [-0.25, -0.2) is 0 Å². The third kappa shape index (κ3) is 3.66. The summed E-state index contributed by atoms with van der Waals surface area (Å²) in [5.74, 6) is -0.162. The number of ketones is 1. The van der Waals surface area contributed by atoms with Gasteiger partial charge in [-0.2, -0.15) is 0 Å². The Kier molecular flexibility index (Phi) is 5.88. The number of fused-ring (bicyclic) bond motifs is 2. The lowest BCUT2D eigenvalue weighted by molar-refractivity contribution is -0.140. The predicted molar refractivity (Wildman–Crippen MR) is 134 cm³/mol. The van der Waals surface area contributed by atoms with Gasteiger partial charge in [-0.15, -0.1) is 0 Å². The van der Waals surface area contributed by atoms with E-state index in [0.29, 0.717) is 45.3 Å². The van der Waals surface area contributed by atoms with Crippen molar-refractivity contribution in [3.8, 4) is 17.2 Å². The van der Waals surface area contributed by atoms with Gasteiger partial charge in [-0.1, -0.05) is 23.4 Å². The van der Waals surface area contributed by atoms with Crippen LogP contribution < -0.4 is 19.5 Å². The van der Waals surface area contributed by atoms with Gasteiger partial charge in [0.25, 0.3) is 11.5 Å². The van der Waals surface area contributed by atoms with Gasteiger partial charge in [-0.05, 0) is 56.3 Å². The molecule has 2 aliphatic heterocycles. The highest BCUT2D eigenvalue weighted by atomic mass is 16.7. The lowest BCUT2D eigenvalue weighted by Crippen LogP contribution is -2.46. The molecule has 0 unspecified atom stereocenters. The molecule has 8 nitrogen and oxygen atoms in total. The Morgan fingerprint density at radius 1 is 1.00 bits per heavy atom. The summed E-state index contributed by atoms with van der Waals surface area (Å²) in [6.45, 7) is 3.86. The number of methoxy groups -OCH3 is 2. The zero-order valence-electron chi connectivity index (χ0n) is 20.4. The minimum atomic E-state index is -1.65. The van der Waals surface area contributed by atoms with Crippen LogP contribution in [0.3, 0.4) is 0 Å². The highest BCUT2D eigenvalue weighted by Gasteiger charge is 2.63. The number of rotatable bonds is 7. The molecule has 1 N–H and O–H groups in total. The van der Waals surface area contributed by atoms with Crippen LogP contribution in [-0.2, 0) is 15.2 Å². The first kappa shape index (κ1) is 23.4. The molecule has 1 spiro atoms. The van der Waals surface area contributed by atoms with Crippen molar-refractivity contribution in [1.29, 1.82) is 0 Å². The molecule has 184 valence electrons. The largest absolute Gasteiger partial charge is 0.497 e. The van der Waals surface area contributed by atoms with E-state index >= 15 is 0 Å². The Bertz CT molecular complexity index is 1360. The number of nitrogens with one attached hydrogen (secondary N) is 1. The number of hydrogen-bond donors (Lipinski definition) is 1. The number of Topliss-reactive ketones (excluding diaryl/α,β-unsaturated/α-hetero) is 1. The summed E-state index contributed by atoms with van der Waals surface area (Å²) in [5, 5.41) is 7.18. The van der Waals surface area contributed by atoms with Gasteiger partial charge in [0, 0.05) is 28.4 Å². The molecule has 36 heavy (non-hydrogen) atoms. The fourth-order valence-corrected chi connectivity index (χ4v) is 4.71. The van der Waals surface area contributed by atoms with Crippen LogP contribution in [0.1, 0.15) is 35.3 Å². The molecule has 2 heterocycles. The molecule has 2 aliphatic rings. The first-order valence-corrected chi connectivity index (χ1v) is 11.6. The standard InChI is InChI=1S/C28H26N2O6/c1-16(2)35-18-11-9-17(10-12-18)26(31)24-25(20-14-13-19(33-3)15-23(20)34-4)30-36-28(24)21-7-5-6-8-22(21)29-27(28)32/h5-16,24H,1-4H3,(H,29,32)/t24-,28-/m1/s1. The van der Waals surface area contributed by atoms with Crippen molar-refractivity contribution in [3.63, 3.8) is 0 Å². The number of carbonyl (C=O) groups excluding carboxylic acids is 2. The average molecular weight is 487 g/mol. The summed E-state index contributed by atoms with van der Waals surface area (Å²) in [7, 11) is 3.07. The maximum Gasteiger partial charge on any atom is 0.277 e. The van der Waals surface area contributed by atoms with E-state index < -0.39 is 17.4 Å². The monoisotopic (exact) mass is 486 g/mol. The second-order valence-electron chi connectivity index (χ2n) is 8.86. The maximum absolute atomic E-state index is 14.2. The average Bonchev–Trinajstić information content (AvgIpc) is 3.42. The number of anilines is 1. The topological polar surface area (TPSA) is 95.5 Å². The molecule has 1 amide bonds. The van der Waals surface area contributed by atoms with E-state index in [-0.39, 0.29) is 11.9 Å². The molecule has 5 rings (SSSR count). The highest BCUT2D eigenvalue weighted by molar-refractivity contribution is 6.25. The van der Waals surface area contributed by atoms with E-state index in [1.165, 1.54) is 7.11 Å². The molecule has 0 aromatic heterocycles. The Labute approximate surface area is 208 Å². The third-order valence-corrected chi connectivity index (χ3v) is 6.34. The summed E-state index contributed by atoms with van der Waals surface area (Å²) >= 11 is 0. The fraction of sp³-hybridized carbons (Fsp3) is 0.250. The Balaban J connectivity index is 1.64. The van der Waals surface area contributed by atoms with Gasteiger partial charge in [0.15, 0.2) is 5.78 Å². The molecule has 0 bridgehead atoms. The number of nitrogens with zero attached hydrogens (tertiary/aromatic N) is 1. The summed E-state index contributed by atoms with van der Waals surface area (Å²) in [4.78, 5) is 33.6. The third-order valence-electron chi connectivity index (χ3n) is 6.34. The second-order valence-corrected chi connectivity index (χ2v) is 8.86. The molecule has 3 aromatic carbocycles. The van der Waals surface area contributed by atoms with Crippen LogP contribution in [0.2, 0.25) is 0 Å². The predicted octanol–water partition coefficient (Wildman–Crippen LogP) is 4.57. The van der Waals surface area contributed by atoms with E-state index in [0.717, 1.165) is 0 Å². The van der Waals surface area contributed by atoms with Crippen molar-refractivity contribution >= 4 is 23.1 Å². The molecule has 8 heteroatoms. The Morgan fingerprint density at radius 3 is 2.42 bits per heavy atom. The molecule has 2 atom stereocenters. The molecular formula is C28H26N2O6. The minimum absolute atomic E-state index is 0.00184. The van der Waals surface area contributed by atoms with E-state index in [1.54, 1.807) is 67.8 Å². The lowest BCUT2D eigenvalue weighted by Gasteiger charge is -2.27. The van der Waals surface area contributed by atoms with E-state index in [4.69, 9.17) is 19.0 Å². The van der Waals surface area contributed by atoms with Crippen molar-refractivity contribution in [2.24, 2.45) is 11.1 Å². The first-order valence-electron chi connectivity index (χ1n) is 11.6. The van der Waals surface area contributed by atoms with E-state index in [9.17, 15) is 9.59 Å². The van der Waals surface area contributed by atoms with Crippen molar-refractivity contribution in [1.82, 2.24) is 0 Å². The van der Waals surface area contributed by atoms with Crippen molar-refractivity contribution in [3.05, 3.63) is 83.4 Å². The van der Waals surface area contributed by atoms with Crippen molar-refractivity contribution < 1.29 is 28.6 Å². The van der Waals surface area contributed by atoms with Crippen LogP contribution >= 0.6 is 0 Å². The summed E-state index contributed by atoms with van der Waals surface area (Å²) in [6.07, 6.45) is -0.00184. The van der Waals surface area contributed by atoms with E-state index in [1.807, 2.05) is 19.9 Å². The molecule has 0 aliphatic carbocycles. The van der Waals surface area contributed by atoms with Crippen LogP contribution in [-0.4, -0.2) is 37.7 Å². The minimum Gasteiger partial charge on any atom is -0.497 e. The SMILES string of the molecule is COc1ccc(C2=NO[C@@]3(C(=O)Nc4ccccc43)[C@H]2C(=O)c2ccc(OC(C)C)cc2)c(OC)c1. The zero-order valence-corrected chi connectivity index (χ0v) is 20.4. The van der Waals surface area contributed by atoms with Gasteiger partial charge in [0.2, 0.25) is 0 Å². The molecule has 0 saturated heterocycles. The van der Waals surface area contributed by atoms with Crippen LogP contribution in [0.4, 0.5) is 5.69 Å². The number of hydrogen-bond acceptors (Lipinski definition) is 7. The Morgan fingerprint density at radius 2 is 1.72 bits per heavy atom. The fourth-order valence-electron chi connectivity index (χ4n) is 4.71. The van der Waals surface area contributed by atoms with Gasteiger partial charge >= 0.3 is 0 Å². The first-order chi connectivity index (χ1) is 17.4. The number of ether oxygens (including phenoxy) is 3. The summed E-state index contributed by atoms with van der Waals surface area (Å²) in [6, 6.07) is 19.2. The van der Waals surface area contributed by atoms with Crippen molar-refractivity contribution in [2.75, 3.05) is 19.5 Å². The van der Waals surface area contributed by atoms with Crippen LogP contribution in [0, 0.1) is 5.92 Å². The van der Waals surface area contributed by atoms with Crippen LogP contribution in [0.15, 0.2) is 71.9 Å².